The van der Waals surface area contributed by atoms with Gasteiger partial charge in [-0.1, -0.05) is 30.2 Å². The number of hydrogen-bond acceptors (Lipinski definition) is 3. The molecule has 2 N–H and O–H groups in total. The Morgan fingerprint density at radius 1 is 1.31 bits per heavy atom. The average Bonchev–Trinajstić information content (AvgIpc) is 3.09. The molecule has 146 valence electrons. The summed E-state index contributed by atoms with van der Waals surface area (Å²) in [6.45, 7) is 3.00. The maximum atomic E-state index is 10.4. The van der Waals surface area contributed by atoms with E-state index in [0.29, 0.717) is 18.3 Å². The maximum absolute atomic E-state index is 10.4. The van der Waals surface area contributed by atoms with Gasteiger partial charge >= 0.3 is 0 Å². The average molecular weight is 360 g/mol. The van der Waals surface area contributed by atoms with E-state index in [9.17, 15) is 10.2 Å². The monoisotopic (exact) mass is 359 g/mol. The van der Waals surface area contributed by atoms with Crippen molar-refractivity contribution in [3.8, 4) is 11.8 Å². The zero-order chi connectivity index (χ0) is 18.9. The first-order valence-corrected chi connectivity index (χ1v) is 10.3. The van der Waals surface area contributed by atoms with E-state index in [1.807, 2.05) is 13.0 Å². The molecule has 1 saturated carbocycles. The first kappa shape index (κ1) is 21.2. The van der Waals surface area contributed by atoms with Gasteiger partial charge in [0.15, 0.2) is 0 Å². The van der Waals surface area contributed by atoms with Gasteiger partial charge in [-0.15, -0.1) is 11.8 Å². The van der Waals surface area contributed by atoms with Gasteiger partial charge in [-0.25, -0.2) is 0 Å². The van der Waals surface area contributed by atoms with E-state index in [2.05, 4.69) is 43.0 Å². The number of aliphatic hydroxyl groups excluding tert-OH is 2. The molecule has 0 aromatic heterocycles. The molecule has 0 unspecified atom stereocenters. The van der Waals surface area contributed by atoms with Gasteiger partial charge in [-0.2, -0.15) is 0 Å². The molecule has 0 aromatic rings. The number of aliphatic hydroxyl groups is 2. The van der Waals surface area contributed by atoms with Crippen LogP contribution in [0.5, 0.6) is 0 Å². The standard InChI is InChI=1S/C23H37NO2/c1-4-5-7-11-20(25)12-13-21-22-16-18(15-19(22)17-23(21)26)10-8-6-9-14-24(2)3/h12-13,15,19-23,25-26H,6-11,14,16-17H2,1-3H3/b13-12+/t19-,20-,21+,22-,23+/m0/s1. The van der Waals surface area contributed by atoms with Crippen LogP contribution in [0, 0.1) is 29.6 Å². The molecule has 5 atom stereocenters. The Balaban J connectivity index is 1.76. The normalized spacial score (nSPS) is 28.9. The van der Waals surface area contributed by atoms with Crippen LogP contribution in [0.25, 0.3) is 0 Å². The lowest BCUT2D eigenvalue weighted by atomic mass is 9.88. The highest BCUT2D eigenvalue weighted by atomic mass is 16.3. The fourth-order valence-corrected chi connectivity index (χ4v) is 4.45. The summed E-state index contributed by atoms with van der Waals surface area (Å²) in [6, 6.07) is 0. The first-order chi connectivity index (χ1) is 12.5. The number of rotatable bonds is 10. The highest BCUT2D eigenvalue weighted by Crippen LogP contribution is 2.48. The van der Waals surface area contributed by atoms with Crippen molar-refractivity contribution in [2.24, 2.45) is 17.8 Å². The van der Waals surface area contributed by atoms with Gasteiger partial charge in [0.1, 0.15) is 0 Å². The van der Waals surface area contributed by atoms with Crippen molar-refractivity contribution in [3.05, 3.63) is 23.8 Å². The van der Waals surface area contributed by atoms with E-state index >= 15 is 0 Å². The number of allylic oxidation sites excluding steroid dienone is 2. The Kier molecular flexibility index (Phi) is 8.91. The molecule has 0 heterocycles. The molecule has 0 bridgehead atoms. The molecular formula is C23H37NO2. The number of hydrogen-bond donors (Lipinski definition) is 2. The van der Waals surface area contributed by atoms with Gasteiger partial charge in [0.05, 0.1) is 12.2 Å². The predicted molar refractivity (Wildman–Crippen MR) is 109 cm³/mol. The van der Waals surface area contributed by atoms with Crippen LogP contribution in [0.3, 0.4) is 0 Å². The minimum atomic E-state index is -0.451. The van der Waals surface area contributed by atoms with Crippen molar-refractivity contribution in [1.29, 1.82) is 0 Å². The molecule has 0 radical (unpaired) electrons. The molecule has 3 nitrogen and oxygen atoms in total. The summed E-state index contributed by atoms with van der Waals surface area (Å²) in [5.41, 5.74) is 1.59. The molecule has 2 aliphatic rings. The van der Waals surface area contributed by atoms with Gasteiger partial charge in [0, 0.05) is 12.3 Å². The molecule has 3 heteroatoms. The molecule has 1 fully saturated rings. The van der Waals surface area contributed by atoms with Gasteiger partial charge in [0.25, 0.3) is 0 Å². The van der Waals surface area contributed by atoms with E-state index in [1.54, 1.807) is 5.57 Å². The Labute approximate surface area is 160 Å². The third kappa shape index (κ3) is 6.58. The third-order valence-electron chi connectivity index (χ3n) is 5.85. The Morgan fingerprint density at radius 3 is 2.85 bits per heavy atom. The molecule has 0 aliphatic heterocycles. The van der Waals surface area contributed by atoms with Crippen molar-refractivity contribution in [2.75, 3.05) is 20.6 Å². The maximum Gasteiger partial charge on any atom is 0.0730 e. The molecule has 0 saturated heterocycles. The lowest BCUT2D eigenvalue weighted by Crippen LogP contribution is -2.18. The Morgan fingerprint density at radius 2 is 2.12 bits per heavy atom. The summed E-state index contributed by atoms with van der Waals surface area (Å²) in [5, 5.41) is 20.5. The quantitative estimate of drug-likeness (QED) is 0.354. The largest absolute Gasteiger partial charge is 0.392 e. The molecule has 26 heavy (non-hydrogen) atoms. The summed E-state index contributed by atoms with van der Waals surface area (Å²) < 4.78 is 0. The molecule has 2 aliphatic carbocycles. The fourth-order valence-electron chi connectivity index (χ4n) is 4.45. The third-order valence-corrected chi connectivity index (χ3v) is 5.85. The zero-order valence-electron chi connectivity index (χ0n) is 16.8. The van der Waals surface area contributed by atoms with E-state index < -0.39 is 6.10 Å². The summed E-state index contributed by atoms with van der Waals surface area (Å²) >= 11 is 0. The van der Waals surface area contributed by atoms with Crippen LogP contribution in [0.2, 0.25) is 0 Å². The van der Waals surface area contributed by atoms with Crippen molar-refractivity contribution in [2.45, 2.75) is 70.5 Å². The second-order valence-corrected chi connectivity index (χ2v) is 8.27. The highest BCUT2D eigenvalue weighted by molar-refractivity contribution is 5.21. The van der Waals surface area contributed by atoms with Crippen molar-refractivity contribution >= 4 is 0 Å². The van der Waals surface area contributed by atoms with Crippen molar-refractivity contribution < 1.29 is 10.2 Å². The van der Waals surface area contributed by atoms with E-state index in [4.69, 9.17) is 0 Å². The van der Waals surface area contributed by atoms with Crippen LogP contribution in [-0.2, 0) is 0 Å². The molecule has 2 rings (SSSR count). The van der Waals surface area contributed by atoms with E-state index in [1.165, 1.54) is 32.2 Å². The topological polar surface area (TPSA) is 43.7 Å². The van der Waals surface area contributed by atoms with Crippen molar-refractivity contribution in [3.63, 3.8) is 0 Å². The smallest absolute Gasteiger partial charge is 0.0730 e. The van der Waals surface area contributed by atoms with Gasteiger partial charge < -0.3 is 15.1 Å². The molecule has 0 aromatic carbocycles. The zero-order valence-corrected chi connectivity index (χ0v) is 16.8. The lowest BCUT2D eigenvalue weighted by Gasteiger charge is -2.19. The van der Waals surface area contributed by atoms with E-state index in [0.717, 1.165) is 19.3 Å². The molecule has 0 amide bonds. The summed E-state index contributed by atoms with van der Waals surface area (Å²) in [7, 11) is 4.27. The van der Waals surface area contributed by atoms with Crippen LogP contribution in [0.4, 0.5) is 0 Å². The number of nitrogens with zero attached hydrogens (tertiary/aromatic N) is 1. The van der Waals surface area contributed by atoms with Gasteiger partial charge in [0.2, 0.25) is 0 Å². The summed E-state index contributed by atoms with van der Waals surface area (Å²) in [4.78, 5) is 2.25. The number of fused-ring (bicyclic) bond motifs is 1. The van der Waals surface area contributed by atoms with Crippen LogP contribution >= 0.6 is 0 Å². The van der Waals surface area contributed by atoms with Crippen LogP contribution in [0.1, 0.15) is 58.3 Å². The van der Waals surface area contributed by atoms with Crippen LogP contribution < -0.4 is 0 Å². The molecular weight excluding hydrogens is 322 g/mol. The predicted octanol–water partition coefficient (Wildman–Crippen LogP) is 3.77. The van der Waals surface area contributed by atoms with Crippen LogP contribution in [-0.4, -0.2) is 48.0 Å². The minimum absolute atomic E-state index is 0.189. The SMILES string of the molecule is CC#CCC[C@H](O)/C=C/[C@@H]1[C@H]2CC(CCCCCN(C)C)=C[C@H]2C[C@H]1O. The second kappa shape index (κ2) is 10.9. The van der Waals surface area contributed by atoms with Crippen molar-refractivity contribution in [1.82, 2.24) is 4.90 Å². The molecule has 0 spiro atoms. The minimum Gasteiger partial charge on any atom is -0.392 e. The highest BCUT2D eigenvalue weighted by Gasteiger charge is 2.43. The Hall–Kier alpha value is -1.08. The number of unbranched alkanes of at least 4 members (excludes halogenated alkanes) is 2. The fraction of sp³-hybridized carbons (Fsp3) is 0.739. The van der Waals surface area contributed by atoms with Crippen LogP contribution in [0.15, 0.2) is 23.8 Å². The second-order valence-electron chi connectivity index (χ2n) is 8.27. The first-order valence-electron chi connectivity index (χ1n) is 10.3. The lowest BCUT2D eigenvalue weighted by molar-refractivity contribution is 0.139. The summed E-state index contributed by atoms with van der Waals surface area (Å²) in [5.74, 6) is 7.09. The van der Waals surface area contributed by atoms with E-state index in [-0.39, 0.29) is 12.0 Å². The summed E-state index contributed by atoms with van der Waals surface area (Å²) in [6.07, 6.45) is 14.1. The van der Waals surface area contributed by atoms with Gasteiger partial charge in [-0.05, 0) is 77.9 Å². The van der Waals surface area contributed by atoms with Gasteiger partial charge in [-0.3, -0.25) is 0 Å². The Bertz CT molecular complexity index is 540.